The summed E-state index contributed by atoms with van der Waals surface area (Å²) in [6.45, 7) is 2.01. The van der Waals surface area contributed by atoms with E-state index in [-0.39, 0.29) is 5.82 Å². The van der Waals surface area contributed by atoms with E-state index in [1.807, 2.05) is 12.1 Å². The molecule has 0 saturated carbocycles. The monoisotopic (exact) mass is 309 g/mol. The lowest BCUT2D eigenvalue weighted by atomic mass is 10.2. The molecule has 0 unspecified atom stereocenters. The van der Waals surface area contributed by atoms with E-state index in [1.54, 1.807) is 25.1 Å². The number of nitrogen functional groups attached to an aromatic ring is 1. The fourth-order valence-corrected chi connectivity index (χ4v) is 2.04. The quantitative estimate of drug-likeness (QED) is 0.868. The van der Waals surface area contributed by atoms with E-state index in [4.69, 9.17) is 10.5 Å². The maximum absolute atomic E-state index is 13.3. The Hall–Kier alpha value is -1.55. The first-order chi connectivity index (χ1) is 8.58. The lowest BCUT2D eigenvalue weighted by molar-refractivity contribution is 0.304. The standard InChI is InChI=1S/C14H13BrFNO/c1-9-5-6-10(7-13(9)16)18-8-11-12(15)3-2-4-14(11)17/h2-7H,8,17H2,1H3. The Morgan fingerprint density at radius 1 is 1.28 bits per heavy atom. The van der Waals surface area contributed by atoms with Crippen molar-refractivity contribution >= 4 is 21.6 Å². The van der Waals surface area contributed by atoms with Crippen LogP contribution in [0.25, 0.3) is 0 Å². The van der Waals surface area contributed by atoms with Crippen LogP contribution in [0.1, 0.15) is 11.1 Å². The van der Waals surface area contributed by atoms with Crippen LogP contribution in [0.15, 0.2) is 40.9 Å². The first kappa shape index (κ1) is 12.9. The minimum absolute atomic E-state index is 0.271. The molecule has 0 fully saturated rings. The Kier molecular flexibility index (Phi) is 3.87. The van der Waals surface area contributed by atoms with Crippen LogP contribution in [0.5, 0.6) is 5.75 Å². The molecule has 4 heteroatoms. The van der Waals surface area contributed by atoms with Crippen molar-refractivity contribution in [3.05, 3.63) is 57.8 Å². The first-order valence-corrected chi connectivity index (χ1v) is 6.29. The number of rotatable bonds is 3. The minimum Gasteiger partial charge on any atom is -0.489 e. The van der Waals surface area contributed by atoms with Gasteiger partial charge in [0.15, 0.2) is 0 Å². The molecule has 0 spiro atoms. The van der Waals surface area contributed by atoms with E-state index < -0.39 is 0 Å². The SMILES string of the molecule is Cc1ccc(OCc2c(N)cccc2Br)cc1F. The Bertz CT molecular complexity index is 551. The highest BCUT2D eigenvalue weighted by Crippen LogP contribution is 2.25. The predicted molar refractivity (Wildman–Crippen MR) is 74.0 cm³/mol. The largest absolute Gasteiger partial charge is 0.489 e. The van der Waals surface area contributed by atoms with Gasteiger partial charge in [-0.1, -0.05) is 28.1 Å². The van der Waals surface area contributed by atoms with Gasteiger partial charge in [0, 0.05) is 21.8 Å². The van der Waals surface area contributed by atoms with Crippen LogP contribution in [0.4, 0.5) is 10.1 Å². The summed E-state index contributed by atoms with van der Waals surface area (Å²) >= 11 is 3.41. The van der Waals surface area contributed by atoms with Gasteiger partial charge in [-0.25, -0.2) is 4.39 Å². The Balaban J connectivity index is 2.14. The number of nitrogens with two attached hydrogens (primary N) is 1. The summed E-state index contributed by atoms with van der Waals surface area (Å²) < 4.78 is 19.8. The molecular formula is C14H13BrFNO. The summed E-state index contributed by atoms with van der Waals surface area (Å²) in [5, 5.41) is 0. The average Bonchev–Trinajstić information content (AvgIpc) is 2.33. The maximum Gasteiger partial charge on any atom is 0.129 e. The van der Waals surface area contributed by atoms with Gasteiger partial charge in [-0.15, -0.1) is 0 Å². The van der Waals surface area contributed by atoms with Crippen LogP contribution in [0, 0.1) is 12.7 Å². The van der Waals surface area contributed by atoms with Crippen LogP contribution >= 0.6 is 15.9 Å². The van der Waals surface area contributed by atoms with Crippen molar-refractivity contribution in [2.45, 2.75) is 13.5 Å². The van der Waals surface area contributed by atoms with Crippen molar-refractivity contribution in [3.63, 3.8) is 0 Å². The smallest absolute Gasteiger partial charge is 0.129 e. The van der Waals surface area contributed by atoms with Crippen LogP contribution in [0.3, 0.4) is 0 Å². The molecule has 94 valence electrons. The molecule has 0 bridgehead atoms. The summed E-state index contributed by atoms with van der Waals surface area (Å²) in [5.74, 6) is 0.223. The van der Waals surface area contributed by atoms with Crippen LogP contribution in [0.2, 0.25) is 0 Å². The summed E-state index contributed by atoms with van der Waals surface area (Å²) in [6.07, 6.45) is 0. The van der Waals surface area contributed by atoms with Crippen LogP contribution in [-0.2, 0) is 6.61 Å². The number of hydrogen-bond acceptors (Lipinski definition) is 2. The lowest BCUT2D eigenvalue weighted by Crippen LogP contribution is -2.01. The normalized spacial score (nSPS) is 10.4. The van der Waals surface area contributed by atoms with Gasteiger partial charge in [0.1, 0.15) is 18.2 Å². The molecule has 0 amide bonds. The number of ether oxygens (including phenoxy) is 1. The molecule has 2 rings (SSSR count). The zero-order chi connectivity index (χ0) is 13.1. The predicted octanol–water partition coefficient (Wildman–Crippen LogP) is 4.06. The van der Waals surface area contributed by atoms with Gasteiger partial charge >= 0.3 is 0 Å². The molecule has 0 radical (unpaired) electrons. The molecular weight excluding hydrogens is 297 g/mol. The van der Waals surface area contributed by atoms with E-state index in [2.05, 4.69) is 15.9 Å². The van der Waals surface area contributed by atoms with Gasteiger partial charge in [0.2, 0.25) is 0 Å². The molecule has 2 nitrogen and oxygen atoms in total. The summed E-state index contributed by atoms with van der Waals surface area (Å²) in [4.78, 5) is 0. The molecule has 2 N–H and O–H groups in total. The van der Waals surface area contributed by atoms with Crippen molar-refractivity contribution in [1.29, 1.82) is 0 Å². The van der Waals surface area contributed by atoms with Crippen molar-refractivity contribution in [2.75, 3.05) is 5.73 Å². The number of benzene rings is 2. The molecule has 0 aromatic heterocycles. The maximum atomic E-state index is 13.3. The molecule has 0 aliphatic rings. The number of hydrogen-bond donors (Lipinski definition) is 1. The highest BCUT2D eigenvalue weighted by atomic mass is 79.9. The highest BCUT2D eigenvalue weighted by Gasteiger charge is 2.06. The van der Waals surface area contributed by atoms with Gasteiger partial charge in [-0.05, 0) is 30.7 Å². The zero-order valence-corrected chi connectivity index (χ0v) is 11.5. The third kappa shape index (κ3) is 2.82. The van der Waals surface area contributed by atoms with E-state index in [1.165, 1.54) is 6.07 Å². The van der Waals surface area contributed by atoms with E-state index >= 15 is 0 Å². The third-order valence-electron chi connectivity index (χ3n) is 2.68. The van der Waals surface area contributed by atoms with Crippen LogP contribution < -0.4 is 10.5 Å². The Labute approximate surface area is 114 Å². The van der Waals surface area contributed by atoms with E-state index in [0.717, 1.165) is 10.0 Å². The minimum atomic E-state index is -0.271. The van der Waals surface area contributed by atoms with Crippen LogP contribution in [-0.4, -0.2) is 0 Å². The fourth-order valence-electron chi connectivity index (χ4n) is 1.55. The first-order valence-electron chi connectivity index (χ1n) is 5.50. The Morgan fingerprint density at radius 3 is 2.72 bits per heavy atom. The second kappa shape index (κ2) is 5.40. The lowest BCUT2D eigenvalue weighted by Gasteiger charge is -2.10. The molecule has 2 aromatic rings. The molecule has 0 aliphatic heterocycles. The summed E-state index contributed by atoms with van der Waals surface area (Å²) in [6, 6.07) is 10.4. The molecule has 2 aromatic carbocycles. The second-order valence-corrected chi connectivity index (χ2v) is 4.86. The van der Waals surface area contributed by atoms with E-state index in [0.29, 0.717) is 23.6 Å². The van der Waals surface area contributed by atoms with Crippen molar-refractivity contribution < 1.29 is 9.13 Å². The van der Waals surface area contributed by atoms with Crippen molar-refractivity contribution in [3.8, 4) is 5.75 Å². The number of aryl methyl sites for hydroxylation is 1. The number of halogens is 2. The molecule has 0 atom stereocenters. The van der Waals surface area contributed by atoms with Gasteiger partial charge in [-0.2, -0.15) is 0 Å². The summed E-state index contributed by atoms with van der Waals surface area (Å²) in [7, 11) is 0. The van der Waals surface area contributed by atoms with Crippen molar-refractivity contribution in [2.24, 2.45) is 0 Å². The Morgan fingerprint density at radius 2 is 2.06 bits per heavy atom. The van der Waals surface area contributed by atoms with E-state index in [9.17, 15) is 4.39 Å². The summed E-state index contributed by atoms with van der Waals surface area (Å²) in [5.41, 5.74) is 7.96. The average molecular weight is 310 g/mol. The highest BCUT2D eigenvalue weighted by molar-refractivity contribution is 9.10. The molecule has 0 saturated heterocycles. The zero-order valence-electron chi connectivity index (χ0n) is 9.91. The van der Waals surface area contributed by atoms with Gasteiger partial charge in [-0.3, -0.25) is 0 Å². The molecule has 0 heterocycles. The third-order valence-corrected chi connectivity index (χ3v) is 3.42. The molecule has 0 aliphatic carbocycles. The van der Waals surface area contributed by atoms with Gasteiger partial charge < -0.3 is 10.5 Å². The fraction of sp³-hybridized carbons (Fsp3) is 0.143. The van der Waals surface area contributed by atoms with Gasteiger partial charge in [0.25, 0.3) is 0 Å². The molecule has 18 heavy (non-hydrogen) atoms. The second-order valence-electron chi connectivity index (χ2n) is 4.01. The van der Waals surface area contributed by atoms with Crippen molar-refractivity contribution in [1.82, 2.24) is 0 Å². The van der Waals surface area contributed by atoms with Gasteiger partial charge in [0.05, 0.1) is 0 Å². The number of anilines is 1. The topological polar surface area (TPSA) is 35.2 Å².